The minimum atomic E-state index is -0.440. The molecule has 0 radical (unpaired) electrons. The van der Waals surface area contributed by atoms with Crippen LogP contribution in [0.25, 0.3) is 27.9 Å². The first-order chi connectivity index (χ1) is 17.2. The van der Waals surface area contributed by atoms with Gasteiger partial charge in [0.2, 0.25) is 0 Å². The van der Waals surface area contributed by atoms with Gasteiger partial charge in [0.15, 0.2) is 17.2 Å². The number of aromatic nitrogens is 6. The van der Waals surface area contributed by atoms with Gasteiger partial charge in [-0.25, -0.2) is 19.7 Å². The van der Waals surface area contributed by atoms with Gasteiger partial charge < -0.3 is 19.6 Å². The third-order valence-corrected chi connectivity index (χ3v) is 5.81. The van der Waals surface area contributed by atoms with Crippen molar-refractivity contribution in [1.29, 1.82) is 0 Å². The smallest absolute Gasteiger partial charge is 0.323 e. The van der Waals surface area contributed by atoms with E-state index in [-0.39, 0.29) is 11.4 Å². The van der Waals surface area contributed by atoms with Crippen LogP contribution in [0.4, 0.5) is 11.6 Å². The molecule has 0 aliphatic carbocycles. The number of nitrogens with one attached hydrogen (secondary N) is 4. The van der Waals surface area contributed by atoms with Crippen molar-refractivity contribution in [3.05, 3.63) is 71.2 Å². The Balaban J connectivity index is 1.48. The zero-order valence-corrected chi connectivity index (χ0v) is 18.5. The Hall–Kier alpha value is -4.71. The van der Waals surface area contributed by atoms with Crippen LogP contribution in [0.3, 0.4) is 0 Å². The fourth-order valence-electron chi connectivity index (χ4n) is 4.19. The number of H-pyrrole nitrogens is 2. The molecule has 12 nitrogen and oxygen atoms in total. The second-order valence-electron chi connectivity index (χ2n) is 7.99. The van der Waals surface area contributed by atoms with E-state index in [9.17, 15) is 9.59 Å². The highest BCUT2D eigenvalue weighted by atomic mass is 16.5. The molecule has 4 aromatic heterocycles. The van der Waals surface area contributed by atoms with Gasteiger partial charge in [0.25, 0.3) is 5.91 Å². The summed E-state index contributed by atoms with van der Waals surface area (Å²) in [6.07, 6.45) is 5.08. The molecule has 1 fully saturated rings. The van der Waals surface area contributed by atoms with Gasteiger partial charge in [-0.15, -0.1) is 0 Å². The number of hydrazine groups is 1. The first kappa shape index (κ1) is 20.9. The maximum Gasteiger partial charge on any atom is 0.323 e. The molecule has 6 rings (SSSR count). The van der Waals surface area contributed by atoms with Crippen molar-refractivity contribution >= 4 is 34.2 Å². The lowest BCUT2D eigenvalue weighted by Crippen LogP contribution is -2.37. The summed E-state index contributed by atoms with van der Waals surface area (Å²) in [7, 11) is 0. The van der Waals surface area contributed by atoms with E-state index in [0.717, 1.165) is 0 Å². The first-order valence-corrected chi connectivity index (χ1v) is 11.1. The van der Waals surface area contributed by atoms with Crippen LogP contribution in [0, 0.1) is 0 Å². The number of hydrogen-bond donors (Lipinski definition) is 4. The summed E-state index contributed by atoms with van der Waals surface area (Å²) in [5.74, 6) is 0.725. The van der Waals surface area contributed by atoms with Crippen molar-refractivity contribution in [2.45, 2.75) is 0 Å². The van der Waals surface area contributed by atoms with Crippen LogP contribution >= 0.6 is 0 Å². The number of ether oxygens (including phenoxy) is 1. The number of pyridine rings is 1. The Labute approximate surface area is 198 Å². The highest BCUT2D eigenvalue weighted by Crippen LogP contribution is 2.30. The standard InChI is InChI=1S/C23H21N9O3/c33-22(30-29-17-3-1-2-6-24-17)18-19(14-4-5-15-16(13-14)27-23(34)26-15)32-8-7-25-20(21(32)28-18)31-9-11-35-12-10-31/h1-8,13H,9-12H2,(H,24,29)(H,30,33)(H2,26,27,34). The molecule has 35 heavy (non-hydrogen) atoms. The summed E-state index contributed by atoms with van der Waals surface area (Å²) < 4.78 is 7.33. The maximum absolute atomic E-state index is 13.3. The molecule has 5 aromatic rings. The fraction of sp³-hybridized carbons (Fsp3) is 0.174. The van der Waals surface area contributed by atoms with E-state index >= 15 is 0 Å². The zero-order chi connectivity index (χ0) is 23.8. The van der Waals surface area contributed by atoms with Gasteiger partial charge in [0.1, 0.15) is 5.82 Å². The van der Waals surface area contributed by atoms with Crippen molar-refractivity contribution in [2.75, 3.05) is 36.6 Å². The molecule has 1 aliphatic heterocycles. The molecule has 12 heteroatoms. The lowest BCUT2D eigenvalue weighted by atomic mass is 10.1. The molecule has 1 amide bonds. The summed E-state index contributed by atoms with van der Waals surface area (Å²) in [6, 6.07) is 10.8. The number of amides is 1. The topological polar surface area (TPSA) is 145 Å². The zero-order valence-electron chi connectivity index (χ0n) is 18.5. The molecule has 1 saturated heterocycles. The number of anilines is 2. The van der Waals surface area contributed by atoms with Gasteiger partial charge in [-0.2, -0.15) is 0 Å². The van der Waals surface area contributed by atoms with Gasteiger partial charge in [-0.05, 0) is 24.3 Å². The van der Waals surface area contributed by atoms with Crippen LogP contribution in [0.2, 0.25) is 0 Å². The molecular weight excluding hydrogens is 450 g/mol. The van der Waals surface area contributed by atoms with Crippen LogP contribution in [0.15, 0.2) is 59.8 Å². The van der Waals surface area contributed by atoms with Gasteiger partial charge in [-0.3, -0.25) is 20.0 Å². The van der Waals surface area contributed by atoms with E-state index < -0.39 is 5.91 Å². The molecule has 5 heterocycles. The molecule has 0 spiro atoms. The summed E-state index contributed by atoms with van der Waals surface area (Å²) in [5.41, 5.74) is 8.54. The van der Waals surface area contributed by atoms with Gasteiger partial charge in [-0.1, -0.05) is 12.1 Å². The van der Waals surface area contributed by atoms with E-state index in [1.165, 1.54) is 0 Å². The quantitative estimate of drug-likeness (QED) is 0.283. The minimum Gasteiger partial charge on any atom is -0.378 e. The Kier molecular flexibility index (Phi) is 5.11. The van der Waals surface area contributed by atoms with Crippen molar-refractivity contribution in [2.24, 2.45) is 0 Å². The largest absolute Gasteiger partial charge is 0.378 e. The summed E-state index contributed by atoms with van der Waals surface area (Å²) in [6.45, 7) is 2.53. The number of fused-ring (bicyclic) bond motifs is 2. The van der Waals surface area contributed by atoms with E-state index in [1.807, 2.05) is 22.6 Å². The molecule has 176 valence electrons. The number of carbonyl (C=O) groups is 1. The number of nitrogens with zero attached hydrogens (tertiary/aromatic N) is 5. The van der Waals surface area contributed by atoms with E-state index in [1.54, 1.807) is 36.8 Å². The second-order valence-corrected chi connectivity index (χ2v) is 7.99. The number of carbonyl (C=O) groups excluding carboxylic acids is 1. The Morgan fingerprint density at radius 3 is 2.71 bits per heavy atom. The van der Waals surface area contributed by atoms with Crippen LogP contribution < -0.4 is 21.4 Å². The Morgan fingerprint density at radius 1 is 1.03 bits per heavy atom. The third-order valence-electron chi connectivity index (χ3n) is 5.81. The molecule has 1 aliphatic rings. The van der Waals surface area contributed by atoms with Crippen LogP contribution in [0.5, 0.6) is 0 Å². The van der Waals surface area contributed by atoms with Gasteiger partial charge >= 0.3 is 5.69 Å². The number of hydrogen-bond acceptors (Lipinski definition) is 8. The van der Waals surface area contributed by atoms with E-state index in [2.05, 4.69) is 35.7 Å². The predicted molar refractivity (Wildman–Crippen MR) is 129 cm³/mol. The number of aromatic amines is 2. The van der Waals surface area contributed by atoms with Crippen molar-refractivity contribution in [1.82, 2.24) is 34.7 Å². The molecule has 1 aromatic carbocycles. The van der Waals surface area contributed by atoms with Gasteiger partial charge in [0.05, 0.1) is 29.9 Å². The molecular formula is C23H21N9O3. The lowest BCUT2D eigenvalue weighted by Gasteiger charge is -2.27. The number of morpholine rings is 1. The minimum absolute atomic E-state index is 0.202. The summed E-state index contributed by atoms with van der Waals surface area (Å²) in [5, 5.41) is 0. The molecule has 4 N–H and O–H groups in total. The average Bonchev–Trinajstić information content (AvgIpc) is 3.47. The molecule has 0 saturated carbocycles. The predicted octanol–water partition coefficient (Wildman–Crippen LogP) is 1.55. The fourth-order valence-corrected chi connectivity index (χ4v) is 4.19. The normalized spacial score (nSPS) is 13.9. The summed E-state index contributed by atoms with van der Waals surface area (Å²) >= 11 is 0. The second kappa shape index (κ2) is 8.57. The SMILES string of the molecule is O=C(NNc1ccccn1)c1nc2c(N3CCOCC3)nccn2c1-c1ccc2[nH]c(=O)[nH]c2c1. The van der Waals surface area contributed by atoms with Crippen LogP contribution in [-0.4, -0.2) is 61.5 Å². The highest BCUT2D eigenvalue weighted by molar-refractivity contribution is 6.01. The van der Waals surface area contributed by atoms with Crippen molar-refractivity contribution in [3.63, 3.8) is 0 Å². The average molecular weight is 471 g/mol. The molecule has 0 atom stereocenters. The van der Waals surface area contributed by atoms with E-state index in [4.69, 9.17) is 9.72 Å². The summed E-state index contributed by atoms with van der Waals surface area (Å²) in [4.78, 5) is 46.2. The maximum atomic E-state index is 13.3. The molecule has 0 unspecified atom stereocenters. The van der Waals surface area contributed by atoms with E-state index in [0.29, 0.717) is 65.9 Å². The first-order valence-electron chi connectivity index (χ1n) is 11.1. The number of rotatable bonds is 5. The number of benzene rings is 1. The Bertz CT molecular complexity index is 1580. The third kappa shape index (κ3) is 3.85. The van der Waals surface area contributed by atoms with Gasteiger partial charge in [0, 0.05) is 37.2 Å². The van der Waals surface area contributed by atoms with Crippen molar-refractivity contribution in [3.8, 4) is 11.3 Å². The monoisotopic (exact) mass is 471 g/mol. The highest BCUT2D eigenvalue weighted by Gasteiger charge is 2.25. The van der Waals surface area contributed by atoms with Crippen LogP contribution in [0.1, 0.15) is 10.5 Å². The Morgan fingerprint density at radius 2 is 1.89 bits per heavy atom. The van der Waals surface area contributed by atoms with Crippen LogP contribution in [-0.2, 0) is 4.74 Å². The lowest BCUT2D eigenvalue weighted by molar-refractivity contribution is 0.0959. The number of imidazole rings is 2. The van der Waals surface area contributed by atoms with Crippen molar-refractivity contribution < 1.29 is 9.53 Å². The molecule has 0 bridgehead atoms.